The van der Waals surface area contributed by atoms with Gasteiger partial charge in [0.1, 0.15) is 0 Å². The summed E-state index contributed by atoms with van der Waals surface area (Å²) in [6.45, 7) is 0.647. The minimum Gasteiger partial charge on any atom is -0.481 e. The maximum atomic E-state index is 11.9. The average Bonchev–Trinajstić information content (AvgIpc) is 2.44. The molecular formula is C14H19NO5. The summed E-state index contributed by atoms with van der Waals surface area (Å²) < 4.78 is 9.97. The average molecular weight is 281 g/mol. The molecule has 0 fully saturated rings. The van der Waals surface area contributed by atoms with Gasteiger partial charge < -0.3 is 19.9 Å². The van der Waals surface area contributed by atoms with E-state index < -0.39 is 12.1 Å². The van der Waals surface area contributed by atoms with E-state index in [0.717, 1.165) is 5.56 Å². The van der Waals surface area contributed by atoms with Gasteiger partial charge >= 0.3 is 5.97 Å². The Labute approximate surface area is 117 Å². The molecule has 0 spiro atoms. The van der Waals surface area contributed by atoms with E-state index in [-0.39, 0.29) is 18.9 Å². The van der Waals surface area contributed by atoms with Crippen LogP contribution in [0.1, 0.15) is 22.3 Å². The summed E-state index contributed by atoms with van der Waals surface area (Å²) in [7, 11) is 3.02. The van der Waals surface area contributed by atoms with Crippen molar-refractivity contribution in [3.8, 4) is 0 Å². The molecule has 1 amide bonds. The Bertz CT molecular complexity index is 443. The molecule has 1 unspecified atom stereocenters. The van der Waals surface area contributed by atoms with Crippen molar-refractivity contribution in [2.75, 3.05) is 20.8 Å². The second-order valence-corrected chi connectivity index (χ2v) is 4.30. The summed E-state index contributed by atoms with van der Waals surface area (Å²) >= 11 is 0. The molecule has 6 nitrogen and oxygen atoms in total. The normalized spacial score (nSPS) is 11.9. The molecule has 0 aliphatic rings. The minimum atomic E-state index is -0.963. The highest BCUT2D eigenvalue weighted by Gasteiger charge is 2.14. The lowest BCUT2D eigenvalue weighted by Gasteiger charge is -2.14. The van der Waals surface area contributed by atoms with Crippen LogP contribution in [0.2, 0.25) is 0 Å². The van der Waals surface area contributed by atoms with Gasteiger partial charge in [-0.1, -0.05) is 12.1 Å². The Morgan fingerprint density at radius 2 is 1.90 bits per heavy atom. The van der Waals surface area contributed by atoms with E-state index in [2.05, 4.69) is 5.32 Å². The summed E-state index contributed by atoms with van der Waals surface area (Å²) in [5.41, 5.74) is 1.49. The molecule has 110 valence electrons. The third-order valence-electron chi connectivity index (χ3n) is 2.75. The summed E-state index contributed by atoms with van der Waals surface area (Å²) in [6.07, 6.45) is -0.687. The standard InChI is InChI=1S/C14H19NO5/c1-19-9-10-3-5-11(6-4-10)14(18)15-8-12(20-2)7-13(16)17/h3-6,12H,7-9H2,1-2H3,(H,15,18)(H,16,17). The summed E-state index contributed by atoms with van der Waals surface area (Å²) in [4.78, 5) is 22.5. The van der Waals surface area contributed by atoms with Crippen LogP contribution < -0.4 is 5.32 Å². The van der Waals surface area contributed by atoms with Gasteiger partial charge in [0.2, 0.25) is 0 Å². The lowest BCUT2D eigenvalue weighted by Crippen LogP contribution is -2.34. The molecule has 1 rings (SSSR count). The number of nitrogens with one attached hydrogen (secondary N) is 1. The van der Waals surface area contributed by atoms with Gasteiger partial charge in [-0.15, -0.1) is 0 Å². The molecule has 1 aromatic carbocycles. The Balaban J connectivity index is 2.51. The second kappa shape index (κ2) is 8.29. The van der Waals surface area contributed by atoms with Crippen molar-refractivity contribution < 1.29 is 24.2 Å². The zero-order valence-electron chi connectivity index (χ0n) is 11.6. The first kappa shape index (κ1) is 16.1. The van der Waals surface area contributed by atoms with E-state index in [1.807, 2.05) is 12.1 Å². The number of benzene rings is 1. The van der Waals surface area contributed by atoms with Crippen LogP contribution in [0, 0.1) is 0 Å². The van der Waals surface area contributed by atoms with Gasteiger partial charge in [-0.25, -0.2) is 0 Å². The number of carbonyl (C=O) groups is 2. The van der Waals surface area contributed by atoms with Crippen LogP contribution in [0.3, 0.4) is 0 Å². The molecule has 0 radical (unpaired) electrons. The van der Waals surface area contributed by atoms with E-state index in [1.165, 1.54) is 7.11 Å². The number of hydrogen-bond donors (Lipinski definition) is 2. The Morgan fingerprint density at radius 3 is 2.40 bits per heavy atom. The largest absolute Gasteiger partial charge is 0.481 e. The first-order valence-electron chi connectivity index (χ1n) is 6.17. The molecule has 0 heterocycles. The molecule has 1 aromatic rings. The molecule has 0 aromatic heterocycles. The topological polar surface area (TPSA) is 84.9 Å². The molecule has 2 N–H and O–H groups in total. The molecule has 0 saturated carbocycles. The fourth-order valence-corrected chi connectivity index (χ4v) is 1.66. The Hall–Kier alpha value is -1.92. The molecule has 0 bridgehead atoms. The van der Waals surface area contributed by atoms with Crippen LogP contribution >= 0.6 is 0 Å². The van der Waals surface area contributed by atoms with E-state index in [1.54, 1.807) is 19.2 Å². The first-order valence-corrected chi connectivity index (χ1v) is 6.17. The maximum absolute atomic E-state index is 11.9. The number of carbonyl (C=O) groups excluding carboxylic acids is 1. The van der Waals surface area contributed by atoms with Gasteiger partial charge in [0.05, 0.1) is 19.1 Å². The number of methoxy groups -OCH3 is 2. The lowest BCUT2D eigenvalue weighted by atomic mass is 10.1. The van der Waals surface area contributed by atoms with Crippen LogP contribution in [0.5, 0.6) is 0 Å². The molecule has 20 heavy (non-hydrogen) atoms. The van der Waals surface area contributed by atoms with Crippen LogP contribution in [0.4, 0.5) is 0 Å². The van der Waals surface area contributed by atoms with E-state index in [4.69, 9.17) is 14.6 Å². The zero-order chi connectivity index (χ0) is 15.0. The number of rotatable bonds is 8. The SMILES string of the molecule is COCc1ccc(C(=O)NCC(CC(=O)O)OC)cc1. The lowest BCUT2D eigenvalue weighted by molar-refractivity contribution is -0.139. The fourth-order valence-electron chi connectivity index (χ4n) is 1.66. The predicted octanol–water partition coefficient (Wildman–Crippen LogP) is 1.05. The highest BCUT2D eigenvalue weighted by molar-refractivity contribution is 5.94. The molecule has 0 aliphatic carbocycles. The molecule has 1 atom stereocenters. The Morgan fingerprint density at radius 1 is 1.25 bits per heavy atom. The van der Waals surface area contributed by atoms with E-state index in [0.29, 0.717) is 12.2 Å². The summed E-state index contributed by atoms with van der Waals surface area (Å²) in [5.74, 6) is -1.23. The predicted molar refractivity (Wildman–Crippen MR) is 72.5 cm³/mol. The van der Waals surface area contributed by atoms with E-state index >= 15 is 0 Å². The van der Waals surface area contributed by atoms with Gasteiger partial charge in [0, 0.05) is 26.3 Å². The van der Waals surface area contributed by atoms with E-state index in [9.17, 15) is 9.59 Å². The van der Waals surface area contributed by atoms with Gasteiger partial charge in [0.15, 0.2) is 0 Å². The Kier molecular flexibility index (Phi) is 6.69. The van der Waals surface area contributed by atoms with Gasteiger partial charge in [-0.2, -0.15) is 0 Å². The van der Waals surface area contributed by atoms with Crippen molar-refractivity contribution in [2.45, 2.75) is 19.1 Å². The fraction of sp³-hybridized carbons (Fsp3) is 0.429. The quantitative estimate of drug-likeness (QED) is 0.744. The number of ether oxygens (including phenoxy) is 2. The monoisotopic (exact) mass is 281 g/mol. The maximum Gasteiger partial charge on any atom is 0.306 e. The van der Waals surface area contributed by atoms with Gasteiger partial charge in [-0.3, -0.25) is 9.59 Å². The van der Waals surface area contributed by atoms with Crippen molar-refractivity contribution in [1.82, 2.24) is 5.32 Å². The van der Waals surface area contributed by atoms with Crippen LogP contribution in [-0.2, 0) is 20.9 Å². The number of carboxylic acid groups (broad SMARTS) is 1. The minimum absolute atomic E-state index is 0.149. The third kappa shape index (κ3) is 5.38. The molecule has 6 heteroatoms. The number of carboxylic acids is 1. The first-order chi connectivity index (χ1) is 9.56. The zero-order valence-corrected chi connectivity index (χ0v) is 11.6. The third-order valence-corrected chi connectivity index (χ3v) is 2.75. The molecule has 0 saturated heterocycles. The summed E-state index contributed by atoms with van der Waals surface area (Å²) in [5, 5.41) is 11.3. The number of aliphatic carboxylic acids is 1. The number of hydrogen-bond acceptors (Lipinski definition) is 4. The van der Waals surface area contributed by atoms with Crippen molar-refractivity contribution in [3.63, 3.8) is 0 Å². The van der Waals surface area contributed by atoms with Crippen LogP contribution in [-0.4, -0.2) is 43.9 Å². The molecule has 0 aliphatic heterocycles. The number of amides is 1. The summed E-state index contributed by atoms with van der Waals surface area (Å²) in [6, 6.07) is 7.01. The molecular weight excluding hydrogens is 262 g/mol. The van der Waals surface area contributed by atoms with Crippen molar-refractivity contribution in [2.24, 2.45) is 0 Å². The van der Waals surface area contributed by atoms with Gasteiger partial charge in [-0.05, 0) is 17.7 Å². The van der Waals surface area contributed by atoms with Gasteiger partial charge in [0.25, 0.3) is 5.91 Å². The van der Waals surface area contributed by atoms with Crippen molar-refractivity contribution in [3.05, 3.63) is 35.4 Å². The second-order valence-electron chi connectivity index (χ2n) is 4.30. The van der Waals surface area contributed by atoms with Crippen molar-refractivity contribution in [1.29, 1.82) is 0 Å². The van der Waals surface area contributed by atoms with Crippen molar-refractivity contribution >= 4 is 11.9 Å². The highest BCUT2D eigenvalue weighted by Crippen LogP contribution is 2.06. The highest BCUT2D eigenvalue weighted by atomic mass is 16.5. The smallest absolute Gasteiger partial charge is 0.306 e. The van der Waals surface area contributed by atoms with Crippen LogP contribution in [0.25, 0.3) is 0 Å². The van der Waals surface area contributed by atoms with Crippen LogP contribution in [0.15, 0.2) is 24.3 Å².